The zero-order valence-electron chi connectivity index (χ0n) is 13.2. The van der Waals surface area contributed by atoms with Gasteiger partial charge in [0.15, 0.2) is 11.6 Å². The summed E-state index contributed by atoms with van der Waals surface area (Å²) in [5, 5.41) is 0. The molecule has 1 unspecified atom stereocenters. The van der Waals surface area contributed by atoms with Gasteiger partial charge in [-0.1, -0.05) is 17.7 Å². The Bertz CT molecular complexity index is 779. The molecular weight excluding hydrogens is 276 g/mol. The van der Waals surface area contributed by atoms with Crippen LogP contribution in [0.1, 0.15) is 48.9 Å². The van der Waals surface area contributed by atoms with Crippen molar-refractivity contribution in [2.24, 2.45) is 0 Å². The lowest BCUT2D eigenvalue weighted by molar-refractivity contribution is 0.0889. The summed E-state index contributed by atoms with van der Waals surface area (Å²) in [5.41, 5.74) is 4.92. The summed E-state index contributed by atoms with van der Waals surface area (Å²) in [5.74, 6) is -0.368. The number of rotatable bonds is 2. The zero-order valence-corrected chi connectivity index (χ0v) is 13.2. The van der Waals surface area contributed by atoms with Gasteiger partial charge in [-0.25, -0.2) is 0 Å². The maximum absolute atomic E-state index is 12.8. The molecule has 1 aliphatic carbocycles. The fourth-order valence-electron chi connectivity index (χ4n) is 3.41. The molecule has 0 fully saturated rings. The minimum Gasteiger partial charge on any atom is -0.497 e. The van der Waals surface area contributed by atoms with Crippen molar-refractivity contribution in [3.05, 3.63) is 63.7 Å². The van der Waals surface area contributed by atoms with Gasteiger partial charge in [0, 0.05) is 11.1 Å². The second-order valence-electron chi connectivity index (χ2n) is 5.89. The number of benzene rings is 2. The first kappa shape index (κ1) is 14.5. The molecule has 0 saturated carbocycles. The lowest BCUT2D eigenvalue weighted by Crippen LogP contribution is -2.16. The molecule has 1 aliphatic rings. The Kier molecular flexibility index (Phi) is 3.36. The molecule has 3 rings (SSSR count). The summed E-state index contributed by atoms with van der Waals surface area (Å²) >= 11 is 0. The van der Waals surface area contributed by atoms with Gasteiger partial charge in [-0.15, -0.1) is 0 Å². The molecule has 2 aromatic carbocycles. The van der Waals surface area contributed by atoms with Gasteiger partial charge in [0.1, 0.15) is 11.7 Å². The third-order valence-corrected chi connectivity index (χ3v) is 4.31. The lowest BCUT2D eigenvalue weighted by atomic mass is 9.86. The van der Waals surface area contributed by atoms with Crippen LogP contribution in [0.5, 0.6) is 5.75 Å². The molecule has 3 nitrogen and oxygen atoms in total. The Balaban J connectivity index is 2.16. The van der Waals surface area contributed by atoms with Crippen molar-refractivity contribution in [2.75, 3.05) is 7.11 Å². The second kappa shape index (κ2) is 5.09. The first-order chi connectivity index (χ1) is 10.4. The number of ketones is 2. The first-order valence-electron chi connectivity index (χ1n) is 7.28. The highest BCUT2D eigenvalue weighted by molar-refractivity contribution is 6.30. The number of aryl methyl sites for hydroxylation is 3. The van der Waals surface area contributed by atoms with Crippen molar-refractivity contribution in [1.82, 2.24) is 0 Å². The van der Waals surface area contributed by atoms with Crippen molar-refractivity contribution in [1.29, 1.82) is 0 Å². The van der Waals surface area contributed by atoms with Gasteiger partial charge in [0.05, 0.1) is 7.11 Å². The Labute approximate surface area is 129 Å². The molecule has 1 atom stereocenters. The minimum absolute atomic E-state index is 0.113. The number of Topliss-reactive ketones (excluding diaryl/α,β-unsaturated/α-hetero) is 2. The monoisotopic (exact) mass is 294 g/mol. The van der Waals surface area contributed by atoms with E-state index in [1.54, 1.807) is 25.3 Å². The van der Waals surface area contributed by atoms with E-state index in [9.17, 15) is 9.59 Å². The summed E-state index contributed by atoms with van der Waals surface area (Å²) in [4.78, 5) is 25.5. The largest absolute Gasteiger partial charge is 0.497 e. The SMILES string of the molecule is COc1ccc2c(c1)C(=O)C(c1c(C)cc(C)cc1C)C2=O. The highest BCUT2D eigenvalue weighted by Crippen LogP contribution is 2.38. The number of hydrogen-bond donors (Lipinski definition) is 0. The van der Waals surface area contributed by atoms with E-state index in [0.717, 1.165) is 22.3 Å². The normalized spacial score (nSPS) is 16.8. The summed E-state index contributed by atoms with van der Waals surface area (Å²) in [6.45, 7) is 5.93. The molecule has 0 saturated heterocycles. The number of hydrogen-bond acceptors (Lipinski definition) is 3. The van der Waals surface area contributed by atoms with Crippen molar-refractivity contribution in [3.63, 3.8) is 0 Å². The first-order valence-corrected chi connectivity index (χ1v) is 7.28. The molecule has 2 aromatic rings. The maximum atomic E-state index is 12.8. The maximum Gasteiger partial charge on any atom is 0.179 e. The van der Waals surface area contributed by atoms with E-state index in [1.165, 1.54) is 0 Å². The molecule has 0 amide bonds. The molecule has 0 radical (unpaired) electrons. The molecule has 112 valence electrons. The molecule has 0 N–H and O–H groups in total. The molecule has 0 heterocycles. The average molecular weight is 294 g/mol. The average Bonchev–Trinajstić information content (AvgIpc) is 2.71. The van der Waals surface area contributed by atoms with Gasteiger partial charge in [-0.3, -0.25) is 9.59 Å². The van der Waals surface area contributed by atoms with Gasteiger partial charge in [0.2, 0.25) is 0 Å². The fourth-order valence-corrected chi connectivity index (χ4v) is 3.41. The third kappa shape index (κ3) is 2.05. The molecule has 0 aromatic heterocycles. The molecular formula is C19H18O3. The fraction of sp³-hybridized carbons (Fsp3) is 0.263. The van der Waals surface area contributed by atoms with Crippen LogP contribution in [0.3, 0.4) is 0 Å². The predicted octanol–water partition coefficient (Wildman–Crippen LogP) is 3.78. The quantitative estimate of drug-likeness (QED) is 0.792. The second-order valence-corrected chi connectivity index (χ2v) is 5.89. The summed E-state index contributed by atoms with van der Waals surface area (Å²) in [6.07, 6.45) is 0. The standard InChI is InChI=1S/C19H18O3/c1-10-7-11(2)16(12(3)8-10)17-18(20)14-6-5-13(22-4)9-15(14)19(17)21/h5-9,17H,1-4H3. The van der Waals surface area contributed by atoms with Crippen LogP contribution in [-0.4, -0.2) is 18.7 Å². The van der Waals surface area contributed by atoms with Crippen LogP contribution in [0.25, 0.3) is 0 Å². The highest BCUT2D eigenvalue weighted by Gasteiger charge is 2.41. The van der Waals surface area contributed by atoms with Crippen LogP contribution >= 0.6 is 0 Å². The van der Waals surface area contributed by atoms with E-state index in [4.69, 9.17) is 4.74 Å². The third-order valence-electron chi connectivity index (χ3n) is 4.31. The Morgan fingerprint density at radius 3 is 2.05 bits per heavy atom. The Morgan fingerprint density at radius 2 is 1.45 bits per heavy atom. The van der Waals surface area contributed by atoms with Gasteiger partial charge in [-0.05, 0) is 55.7 Å². The van der Waals surface area contributed by atoms with E-state index in [0.29, 0.717) is 16.9 Å². The van der Waals surface area contributed by atoms with E-state index in [1.807, 2.05) is 32.9 Å². The Morgan fingerprint density at radius 1 is 0.864 bits per heavy atom. The van der Waals surface area contributed by atoms with E-state index < -0.39 is 5.92 Å². The van der Waals surface area contributed by atoms with Gasteiger partial charge in [0.25, 0.3) is 0 Å². The van der Waals surface area contributed by atoms with Crippen LogP contribution in [0.2, 0.25) is 0 Å². The van der Waals surface area contributed by atoms with Gasteiger partial charge < -0.3 is 4.74 Å². The number of fused-ring (bicyclic) bond motifs is 1. The number of carbonyl (C=O) groups excluding carboxylic acids is 2. The molecule has 0 spiro atoms. The van der Waals surface area contributed by atoms with E-state index >= 15 is 0 Å². The van der Waals surface area contributed by atoms with Crippen molar-refractivity contribution < 1.29 is 14.3 Å². The van der Waals surface area contributed by atoms with Crippen molar-refractivity contribution in [3.8, 4) is 5.75 Å². The topological polar surface area (TPSA) is 43.4 Å². The predicted molar refractivity (Wildman–Crippen MR) is 85.0 cm³/mol. The summed E-state index contributed by atoms with van der Waals surface area (Å²) in [7, 11) is 1.55. The van der Waals surface area contributed by atoms with Gasteiger partial charge >= 0.3 is 0 Å². The smallest absolute Gasteiger partial charge is 0.179 e. The number of ether oxygens (including phenoxy) is 1. The van der Waals surface area contributed by atoms with E-state index in [2.05, 4.69) is 0 Å². The Hall–Kier alpha value is -2.42. The van der Waals surface area contributed by atoms with Crippen LogP contribution in [-0.2, 0) is 0 Å². The van der Waals surface area contributed by atoms with Crippen LogP contribution in [0.4, 0.5) is 0 Å². The minimum atomic E-state index is -0.720. The van der Waals surface area contributed by atoms with Crippen LogP contribution in [0, 0.1) is 20.8 Å². The van der Waals surface area contributed by atoms with Crippen molar-refractivity contribution >= 4 is 11.6 Å². The molecule has 3 heteroatoms. The summed E-state index contributed by atoms with van der Waals surface area (Å²) < 4.78 is 5.16. The number of carbonyl (C=O) groups is 2. The summed E-state index contributed by atoms with van der Waals surface area (Å²) in [6, 6.07) is 9.11. The van der Waals surface area contributed by atoms with Crippen LogP contribution in [0.15, 0.2) is 30.3 Å². The zero-order chi connectivity index (χ0) is 16.0. The molecule has 0 bridgehead atoms. The van der Waals surface area contributed by atoms with Crippen LogP contribution < -0.4 is 4.74 Å². The van der Waals surface area contributed by atoms with Gasteiger partial charge in [-0.2, -0.15) is 0 Å². The highest BCUT2D eigenvalue weighted by atomic mass is 16.5. The number of methoxy groups -OCH3 is 1. The molecule has 22 heavy (non-hydrogen) atoms. The molecule has 0 aliphatic heterocycles. The van der Waals surface area contributed by atoms with E-state index in [-0.39, 0.29) is 11.6 Å². The lowest BCUT2D eigenvalue weighted by Gasteiger charge is -2.15. The van der Waals surface area contributed by atoms with Crippen molar-refractivity contribution in [2.45, 2.75) is 26.7 Å².